The van der Waals surface area contributed by atoms with Crippen LogP contribution in [0.2, 0.25) is 0 Å². The van der Waals surface area contributed by atoms with Crippen LogP contribution in [0.1, 0.15) is 45.2 Å². The van der Waals surface area contributed by atoms with Crippen molar-refractivity contribution < 1.29 is 0 Å². The number of hydrogen-bond donors (Lipinski definition) is 1. The van der Waals surface area contributed by atoms with E-state index >= 15 is 0 Å². The van der Waals surface area contributed by atoms with Crippen LogP contribution < -0.4 is 5.32 Å². The summed E-state index contributed by atoms with van der Waals surface area (Å²) < 4.78 is 0. The van der Waals surface area contributed by atoms with Crippen LogP contribution in [-0.2, 0) is 0 Å². The largest absolute Gasteiger partial charge is 0.310 e. The molecule has 0 saturated heterocycles. The summed E-state index contributed by atoms with van der Waals surface area (Å²) in [4.78, 5) is 4.46. The molecule has 1 N–H and O–H groups in total. The SMILES string of the molecule is CCNC(CC(C)CC)c1ccc2cccnc2c1. The number of rotatable bonds is 6. The Hall–Kier alpha value is -1.41. The molecule has 2 unspecified atom stereocenters. The topological polar surface area (TPSA) is 24.9 Å². The second kappa shape index (κ2) is 6.67. The Labute approximate surface area is 116 Å². The Morgan fingerprint density at radius 2 is 2.05 bits per heavy atom. The van der Waals surface area contributed by atoms with E-state index in [1.54, 1.807) is 0 Å². The number of hydrogen-bond acceptors (Lipinski definition) is 2. The Kier molecular flexibility index (Phi) is 4.92. The van der Waals surface area contributed by atoms with Gasteiger partial charge in [0.05, 0.1) is 5.52 Å². The summed E-state index contributed by atoms with van der Waals surface area (Å²) in [6.45, 7) is 7.75. The van der Waals surface area contributed by atoms with Crippen molar-refractivity contribution in [1.29, 1.82) is 0 Å². The lowest BCUT2D eigenvalue weighted by molar-refractivity contribution is 0.408. The fraction of sp³-hybridized carbons (Fsp3) is 0.471. The molecule has 0 amide bonds. The summed E-state index contributed by atoms with van der Waals surface area (Å²) in [6, 6.07) is 11.2. The molecule has 102 valence electrons. The number of benzene rings is 1. The third kappa shape index (κ3) is 3.54. The Bertz CT molecular complexity index is 521. The fourth-order valence-corrected chi connectivity index (χ4v) is 2.45. The summed E-state index contributed by atoms with van der Waals surface area (Å²) in [5.74, 6) is 0.739. The van der Waals surface area contributed by atoms with Gasteiger partial charge in [0.1, 0.15) is 0 Å². The molecule has 2 atom stereocenters. The van der Waals surface area contributed by atoms with Crippen molar-refractivity contribution in [2.24, 2.45) is 5.92 Å². The van der Waals surface area contributed by atoms with Gasteiger partial charge in [-0.25, -0.2) is 0 Å². The van der Waals surface area contributed by atoms with Gasteiger partial charge in [0.25, 0.3) is 0 Å². The van der Waals surface area contributed by atoms with E-state index in [2.05, 4.69) is 55.3 Å². The molecule has 2 aromatic rings. The lowest BCUT2D eigenvalue weighted by Crippen LogP contribution is -2.22. The maximum atomic E-state index is 4.46. The smallest absolute Gasteiger partial charge is 0.0705 e. The Morgan fingerprint density at radius 3 is 2.79 bits per heavy atom. The molecule has 1 aromatic heterocycles. The van der Waals surface area contributed by atoms with Crippen LogP contribution in [0, 0.1) is 5.92 Å². The molecule has 2 nitrogen and oxygen atoms in total. The van der Waals surface area contributed by atoms with E-state index in [1.807, 2.05) is 12.3 Å². The van der Waals surface area contributed by atoms with Gasteiger partial charge < -0.3 is 5.32 Å². The minimum atomic E-state index is 0.436. The predicted octanol–water partition coefficient (Wildman–Crippen LogP) is 4.32. The third-order valence-corrected chi connectivity index (χ3v) is 3.82. The first-order valence-corrected chi connectivity index (χ1v) is 7.32. The van der Waals surface area contributed by atoms with Crippen molar-refractivity contribution in [3.8, 4) is 0 Å². The molecule has 2 heteroatoms. The highest BCUT2D eigenvalue weighted by atomic mass is 14.9. The summed E-state index contributed by atoms with van der Waals surface area (Å²) in [5, 5.41) is 4.81. The maximum absolute atomic E-state index is 4.46. The van der Waals surface area contributed by atoms with Gasteiger partial charge in [-0.2, -0.15) is 0 Å². The highest BCUT2D eigenvalue weighted by Gasteiger charge is 2.14. The molecule has 0 aliphatic heterocycles. The molecule has 0 spiro atoms. The van der Waals surface area contributed by atoms with Gasteiger partial charge in [-0.1, -0.05) is 45.4 Å². The minimum absolute atomic E-state index is 0.436. The van der Waals surface area contributed by atoms with Crippen molar-refractivity contribution >= 4 is 10.9 Å². The predicted molar refractivity (Wildman–Crippen MR) is 82.2 cm³/mol. The molecule has 1 aromatic carbocycles. The monoisotopic (exact) mass is 256 g/mol. The number of pyridine rings is 1. The van der Waals surface area contributed by atoms with Crippen LogP contribution in [0.25, 0.3) is 10.9 Å². The fourth-order valence-electron chi connectivity index (χ4n) is 2.45. The molecule has 0 fully saturated rings. The van der Waals surface area contributed by atoms with Crippen LogP contribution in [0.4, 0.5) is 0 Å². The molecule has 19 heavy (non-hydrogen) atoms. The van der Waals surface area contributed by atoms with E-state index in [0.29, 0.717) is 6.04 Å². The molecule has 0 radical (unpaired) electrons. The second-order valence-corrected chi connectivity index (χ2v) is 5.31. The molecular formula is C17H24N2. The van der Waals surface area contributed by atoms with Gasteiger partial charge >= 0.3 is 0 Å². The highest BCUT2D eigenvalue weighted by Crippen LogP contribution is 2.25. The lowest BCUT2D eigenvalue weighted by Gasteiger charge is -2.22. The van der Waals surface area contributed by atoms with E-state index in [0.717, 1.165) is 18.0 Å². The zero-order chi connectivity index (χ0) is 13.7. The highest BCUT2D eigenvalue weighted by molar-refractivity contribution is 5.78. The summed E-state index contributed by atoms with van der Waals surface area (Å²) >= 11 is 0. The van der Waals surface area contributed by atoms with Gasteiger partial charge in [0.2, 0.25) is 0 Å². The lowest BCUT2D eigenvalue weighted by atomic mass is 9.93. The molecule has 0 aliphatic carbocycles. The third-order valence-electron chi connectivity index (χ3n) is 3.82. The first kappa shape index (κ1) is 14.0. The normalized spacial score (nSPS) is 14.5. The standard InChI is InChI=1S/C17H24N2/c1-4-13(3)11-16(18-5-2)15-9-8-14-7-6-10-19-17(14)12-15/h6-10,12-13,16,18H,4-5,11H2,1-3H3. The molecule has 0 bridgehead atoms. The van der Waals surface area contributed by atoms with Gasteiger partial charge in [-0.05, 0) is 36.6 Å². The maximum Gasteiger partial charge on any atom is 0.0705 e. The van der Waals surface area contributed by atoms with Crippen LogP contribution in [-0.4, -0.2) is 11.5 Å². The van der Waals surface area contributed by atoms with E-state index in [9.17, 15) is 0 Å². The van der Waals surface area contributed by atoms with Crippen LogP contribution in [0.15, 0.2) is 36.5 Å². The first-order chi connectivity index (χ1) is 9.24. The summed E-state index contributed by atoms with van der Waals surface area (Å²) in [5.41, 5.74) is 2.44. The van der Waals surface area contributed by atoms with Crippen LogP contribution >= 0.6 is 0 Å². The summed E-state index contributed by atoms with van der Waals surface area (Å²) in [7, 11) is 0. The van der Waals surface area contributed by atoms with Crippen molar-refractivity contribution in [3.05, 3.63) is 42.1 Å². The van der Waals surface area contributed by atoms with Gasteiger partial charge in [-0.3, -0.25) is 4.98 Å². The Morgan fingerprint density at radius 1 is 1.21 bits per heavy atom. The molecule has 0 aliphatic rings. The zero-order valence-electron chi connectivity index (χ0n) is 12.2. The van der Waals surface area contributed by atoms with Crippen molar-refractivity contribution in [2.45, 2.75) is 39.7 Å². The molecular weight excluding hydrogens is 232 g/mol. The number of nitrogens with one attached hydrogen (secondary N) is 1. The number of fused-ring (bicyclic) bond motifs is 1. The van der Waals surface area contributed by atoms with Crippen molar-refractivity contribution in [1.82, 2.24) is 10.3 Å². The molecule has 1 heterocycles. The summed E-state index contributed by atoms with van der Waals surface area (Å²) in [6.07, 6.45) is 4.28. The van der Waals surface area contributed by atoms with Gasteiger partial charge in [0, 0.05) is 17.6 Å². The second-order valence-electron chi connectivity index (χ2n) is 5.31. The Balaban J connectivity index is 2.27. The molecule has 2 rings (SSSR count). The van der Waals surface area contributed by atoms with Gasteiger partial charge in [0.15, 0.2) is 0 Å². The van der Waals surface area contributed by atoms with E-state index in [1.165, 1.54) is 23.8 Å². The van der Waals surface area contributed by atoms with E-state index in [-0.39, 0.29) is 0 Å². The average Bonchev–Trinajstić information content (AvgIpc) is 2.46. The average molecular weight is 256 g/mol. The van der Waals surface area contributed by atoms with Crippen molar-refractivity contribution in [3.63, 3.8) is 0 Å². The number of aromatic nitrogens is 1. The quantitative estimate of drug-likeness (QED) is 0.832. The number of nitrogens with zero attached hydrogens (tertiary/aromatic N) is 1. The van der Waals surface area contributed by atoms with E-state index in [4.69, 9.17) is 0 Å². The molecule has 0 saturated carbocycles. The van der Waals surface area contributed by atoms with E-state index < -0.39 is 0 Å². The minimum Gasteiger partial charge on any atom is -0.310 e. The van der Waals surface area contributed by atoms with Crippen LogP contribution in [0.5, 0.6) is 0 Å². The van der Waals surface area contributed by atoms with Gasteiger partial charge in [-0.15, -0.1) is 0 Å². The zero-order valence-corrected chi connectivity index (χ0v) is 12.2. The van der Waals surface area contributed by atoms with Crippen LogP contribution in [0.3, 0.4) is 0 Å². The van der Waals surface area contributed by atoms with Crippen molar-refractivity contribution in [2.75, 3.05) is 6.54 Å². The first-order valence-electron chi connectivity index (χ1n) is 7.32.